The first-order valence-corrected chi connectivity index (χ1v) is 10.2. The van der Waals surface area contributed by atoms with E-state index in [1.54, 1.807) is 46.8 Å². The van der Waals surface area contributed by atoms with Gasteiger partial charge in [0.1, 0.15) is 34.4 Å². The van der Waals surface area contributed by atoms with Gasteiger partial charge in [-0.3, -0.25) is 4.79 Å². The van der Waals surface area contributed by atoms with Gasteiger partial charge in [0.05, 0.1) is 12.6 Å². The van der Waals surface area contributed by atoms with Gasteiger partial charge in [-0.15, -0.1) is 0 Å². The molecule has 8 nitrogen and oxygen atoms in total. The largest absolute Gasteiger partial charge is 0.457 e. The summed E-state index contributed by atoms with van der Waals surface area (Å²) in [5, 5.41) is 13.8. The molecule has 3 aromatic rings. The number of amides is 1. The van der Waals surface area contributed by atoms with Crippen molar-refractivity contribution >= 4 is 11.7 Å². The third-order valence-electron chi connectivity index (χ3n) is 5.57. The molecule has 1 atom stereocenters. The molecule has 4 N–H and O–H groups in total. The van der Waals surface area contributed by atoms with E-state index in [0.717, 1.165) is 12.8 Å². The van der Waals surface area contributed by atoms with Crippen LogP contribution in [0, 0.1) is 24.2 Å². The minimum absolute atomic E-state index is 0.126. The van der Waals surface area contributed by atoms with Gasteiger partial charge in [0.2, 0.25) is 0 Å². The summed E-state index contributed by atoms with van der Waals surface area (Å²) in [5.41, 5.74) is 13.8. The van der Waals surface area contributed by atoms with E-state index in [1.807, 2.05) is 0 Å². The first-order chi connectivity index (χ1) is 15.4. The number of ether oxygens (including phenoxy) is 1. The van der Waals surface area contributed by atoms with Crippen molar-refractivity contribution in [2.24, 2.45) is 5.73 Å². The zero-order valence-electron chi connectivity index (χ0n) is 17.6. The fraction of sp³-hybridized carbons (Fsp3) is 0.261. The lowest BCUT2D eigenvalue weighted by Crippen LogP contribution is -2.34. The Hall–Kier alpha value is -4.06. The van der Waals surface area contributed by atoms with Crippen molar-refractivity contribution in [3.8, 4) is 28.9 Å². The second kappa shape index (κ2) is 8.59. The molecule has 1 aromatic heterocycles. The van der Waals surface area contributed by atoms with Crippen molar-refractivity contribution in [1.29, 1.82) is 5.26 Å². The number of piperidine rings is 1. The molecule has 1 saturated heterocycles. The van der Waals surface area contributed by atoms with Crippen LogP contribution in [0.1, 0.15) is 34.8 Å². The molecule has 32 heavy (non-hydrogen) atoms. The molecular formula is C23H23FN6O2. The number of aromatic nitrogens is 2. The third-order valence-corrected chi connectivity index (χ3v) is 5.57. The molecule has 2 aromatic carbocycles. The predicted octanol–water partition coefficient (Wildman–Crippen LogP) is 3.59. The van der Waals surface area contributed by atoms with Gasteiger partial charge in [0, 0.05) is 12.1 Å². The van der Waals surface area contributed by atoms with Gasteiger partial charge in [-0.25, -0.2) is 9.07 Å². The molecule has 2 heterocycles. The van der Waals surface area contributed by atoms with Gasteiger partial charge in [-0.1, -0.05) is 0 Å². The summed E-state index contributed by atoms with van der Waals surface area (Å²) < 4.78 is 20.7. The quantitative estimate of drug-likeness (QED) is 0.592. The molecule has 0 radical (unpaired) electrons. The number of nitrogen functional groups attached to an aromatic ring is 1. The molecule has 9 heteroatoms. The minimum atomic E-state index is -0.668. The number of nitrogens with zero attached hydrogens (tertiary/aromatic N) is 4. The number of primary amides is 1. The second-order valence-corrected chi connectivity index (χ2v) is 7.80. The van der Waals surface area contributed by atoms with Crippen molar-refractivity contribution in [2.75, 3.05) is 18.8 Å². The lowest BCUT2D eigenvalue weighted by molar-refractivity contribution is 0.100. The van der Waals surface area contributed by atoms with Crippen LogP contribution in [0.3, 0.4) is 0 Å². The smallest absolute Gasteiger partial charge is 0.254 e. The lowest BCUT2D eigenvalue weighted by atomic mass is 10.1. The number of halogens is 1. The number of carbonyl (C=O) groups excluding carboxylic acids is 1. The van der Waals surface area contributed by atoms with Crippen LogP contribution in [0.2, 0.25) is 0 Å². The van der Waals surface area contributed by atoms with E-state index in [9.17, 15) is 14.4 Å². The molecule has 1 aliphatic heterocycles. The number of anilines is 1. The Bertz CT molecular complexity index is 1200. The van der Waals surface area contributed by atoms with Crippen molar-refractivity contribution in [3.05, 3.63) is 59.4 Å². The van der Waals surface area contributed by atoms with Gasteiger partial charge in [-0.2, -0.15) is 10.4 Å². The van der Waals surface area contributed by atoms with Crippen molar-refractivity contribution in [2.45, 2.75) is 25.8 Å². The van der Waals surface area contributed by atoms with E-state index in [-0.39, 0.29) is 23.2 Å². The van der Waals surface area contributed by atoms with Gasteiger partial charge in [0.25, 0.3) is 5.91 Å². The fourth-order valence-electron chi connectivity index (χ4n) is 3.95. The maximum Gasteiger partial charge on any atom is 0.254 e. The highest BCUT2D eigenvalue weighted by molar-refractivity contribution is 6.03. The number of rotatable bonds is 5. The van der Waals surface area contributed by atoms with E-state index >= 15 is 0 Å². The summed E-state index contributed by atoms with van der Waals surface area (Å²) in [6.07, 6.45) is 3.78. The molecule has 0 bridgehead atoms. The molecule has 1 fully saturated rings. The number of nitriles is 1. The summed E-state index contributed by atoms with van der Waals surface area (Å²) in [7, 11) is 0. The molecule has 0 aliphatic carbocycles. The Labute approximate surface area is 184 Å². The monoisotopic (exact) mass is 434 g/mol. The van der Waals surface area contributed by atoms with E-state index in [0.29, 0.717) is 41.4 Å². The number of hydrogen-bond donors (Lipinski definition) is 2. The highest BCUT2D eigenvalue weighted by Gasteiger charge is 2.28. The Morgan fingerprint density at radius 2 is 2.03 bits per heavy atom. The fourth-order valence-corrected chi connectivity index (χ4v) is 3.95. The summed E-state index contributed by atoms with van der Waals surface area (Å²) in [6, 6.07) is 11.2. The average Bonchev–Trinajstić information content (AvgIpc) is 3.13. The molecule has 164 valence electrons. The highest BCUT2D eigenvalue weighted by atomic mass is 19.1. The van der Waals surface area contributed by atoms with Crippen LogP contribution >= 0.6 is 0 Å². The van der Waals surface area contributed by atoms with Crippen LogP contribution in [0.25, 0.3) is 11.3 Å². The summed E-state index contributed by atoms with van der Waals surface area (Å²) in [6.45, 7) is 2.93. The van der Waals surface area contributed by atoms with Gasteiger partial charge < -0.3 is 21.1 Å². The number of nitrogens with two attached hydrogens (primary N) is 2. The summed E-state index contributed by atoms with van der Waals surface area (Å²) >= 11 is 0. The molecule has 0 spiro atoms. The van der Waals surface area contributed by atoms with Gasteiger partial charge in [-0.05, 0) is 67.8 Å². The average molecular weight is 434 g/mol. The van der Waals surface area contributed by atoms with Gasteiger partial charge in [0.15, 0.2) is 6.19 Å². The zero-order chi connectivity index (χ0) is 22.8. The van der Waals surface area contributed by atoms with Crippen molar-refractivity contribution in [1.82, 2.24) is 14.7 Å². The Morgan fingerprint density at radius 3 is 2.69 bits per heavy atom. The molecular weight excluding hydrogens is 411 g/mol. The molecule has 1 amide bonds. The van der Waals surface area contributed by atoms with E-state index in [4.69, 9.17) is 16.2 Å². The first-order valence-electron chi connectivity index (χ1n) is 10.2. The van der Waals surface area contributed by atoms with Crippen LogP contribution in [0.4, 0.5) is 10.2 Å². The molecule has 0 saturated carbocycles. The Morgan fingerprint density at radius 1 is 1.28 bits per heavy atom. The van der Waals surface area contributed by atoms with E-state index in [1.165, 1.54) is 12.1 Å². The molecule has 0 unspecified atom stereocenters. The standard InChI is InChI=1S/C23H23FN6O2/c1-14-11-16(24)6-9-19(14)32-18-7-4-15(5-8-18)21-20(23(27)31)22(26)30(28-21)17-3-2-10-29(12-17)13-25/h4-9,11,17H,2-3,10,12,26H2,1H3,(H2,27,31)/t17-/m0/s1. The number of likely N-dealkylation sites (tertiary alicyclic amines) is 1. The normalized spacial score (nSPS) is 15.9. The van der Waals surface area contributed by atoms with Crippen LogP contribution in [-0.2, 0) is 0 Å². The highest BCUT2D eigenvalue weighted by Crippen LogP contribution is 2.33. The van der Waals surface area contributed by atoms with Crippen molar-refractivity contribution < 1.29 is 13.9 Å². The number of benzene rings is 2. The summed E-state index contributed by atoms with van der Waals surface area (Å²) in [5.74, 6) is 0.296. The second-order valence-electron chi connectivity index (χ2n) is 7.80. The molecule has 4 rings (SSSR count). The van der Waals surface area contributed by atoms with Crippen LogP contribution < -0.4 is 16.2 Å². The Kier molecular flexibility index (Phi) is 5.69. The van der Waals surface area contributed by atoms with Gasteiger partial charge >= 0.3 is 0 Å². The number of aryl methyl sites for hydroxylation is 1. The number of hydrogen-bond acceptors (Lipinski definition) is 6. The van der Waals surface area contributed by atoms with Crippen LogP contribution in [0.15, 0.2) is 42.5 Å². The number of carbonyl (C=O) groups is 1. The molecule has 1 aliphatic rings. The van der Waals surface area contributed by atoms with E-state index in [2.05, 4.69) is 11.3 Å². The maximum atomic E-state index is 13.3. The maximum absolute atomic E-state index is 13.3. The topological polar surface area (TPSA) is 123 Å². The lowest BCUT2D eigenvalue weighted by Gasteiger charge is -2.29. The first kappa shape index (κ1) is 21.2. The van der Waals surface area contributed by atoms with Crippen LogP contribution in [0.5, 0.6) is 11.5 Å². The van der Waals surface area contributed by atoms with E-state index < -0.39 is 5.91 Å². The third kappa shape index (κ3) is 4.07. The minimum Gasteiger partial charge on any atom is -0.457 e. The predicted molar refractivity (Wildman–Crippen MR) is 117 cm³/mol. The Balaban J connectivity index is 1.64. The SMILES string of the molecule is Cc1cc(F)ccc1Oc1ccc(-c2nn([C@H]3CCCN(C#N)C3)c(N)c2C(N)=O)cc1. The summed E-state index contributed by atoms with van der Waals surface area (Å²) in [4.78, 5) is 13.8. The van der Waals surface area contributed by atoms with Crippen LogP contribution in [-0.4, -0.2) is 33.7 Å². The van der Waals surface area contributed by atoms with Crippen molar-refractivity contribution in [3.63, 3.8) is 0 Å². The zero-order valence-corrected chi connectivity index (χ0v) is 17.6.